The lowest BCUT2D eigenvalue weighted by Gasteiger charge is -2.37. The number of ether oxygens (including phenoxy) is 3. The van der Waals surface area contributed by atoms with Gasteiger partial charge in [0.05, 0.1) is 18.3 Å². The fourth-order valence-corrected chi connectivity index (χ4v) is 6.24. The summed E-state index contributed by atoms with van der Waals surface area (Å²) in [6.07, 6.45) is 4.77. The van der Waals surface area contributed by atoms with E-state index in [2.05, 4.69) is 37.1 Å². The molecule has 0 saturated carbocycles. The van der Waals surface area contributed by atoms with Gasteiger partial charge in [-0.15, -0.1) is 0 Å². The van der Waals surface area contributed by atoms with Crippen molar-refractivity contribution in [1.29, 1.82) is 0 Å². The number of benzene rings is 3. The molecule has 49 heavy (non-hydrogen) atoms. The van der Waals surface area contributed by atoms with Crippen molar-refractivity contribution < 1.29 is 23.0 Å². The summed E-state index contributed by atoms with van der Waals surface area (Å²) in [5.41, 5.74) is 2.95. The van der Waals surface area contributed by atoms with Crippen molar-refractivity contribution in [2.45, 2.75) is 44.7 Å². The maximum Gasteiger partial charge on any atom is 0.350 e. The molecule has 0 aliphatic carbocycles. The number of rotatable bonds is 11. The standard InChI is InChI=1S/C35H38F2N8O4/c1-3-25(2)45-34(46)44(24-40-45)29-7-5-27(6-8-29)41-14-16-42(17-15-41)28-9-11-30(12-10-28)47-19-31-20-48-35(49-31,21-43-23-38-22-39-43)32-13-4-26(36)18-33(32)37/h4-13,18,22-25,31H,3,14-17,19-21H2,1-2H3/t25-,31-,35-/m1/s1. The Morgan fingerprint density at radius 2 is 1.59 bits per heavy atom. The predicted octanol–water partition coefficient (Wildman–Crippen LogP) is 4.55. The van der Waals surface area contributed by atoms with Crippen molar-refractivity contribution >= 4 is 11.4 Å². The lowest BCUT2D eigenvalue weighted by Crippen LogP contribution is -2.46. The van der Waals surface area contributed by atoms with Crippen LogP contribution in [-0.2, 0) is 21.8 Å². The topological polar surface area (TPSA) is 105 Å². The maximum absolute atomic E-state index is 14.9. The van der Waals surface area contributed by atoms with Gasteiger partial charge in [-0.1, -0.05) is 6.92 Å². The molecule has 0 bridgehead atoms. The molecule has 0 N–H and O–H groups in total. The van der Waals surface area contributed by atoms with Gasteiger partial charge in [0.15, 0.2) is 0 Å². The molecule has 14 heteroatoms. The zero-order valence-electron chi connectivity index (χ0n) is 27.4. The largest absolute Gasteiger partial charge is 0.491 e. The summed E-state index contributed by atoms with van der Waals surface area (Å²) in [6, 6.07) is 19.3. The highest BCUT2D eigenvalue weighted by molar-refractivity contribution is 5.54. The van der Waals surface area contributed by atoms with Gasteiger partial charge in [0.25, 0.3) is 0 Å². The van der Waals surface area contributed by atoms with E-state index in [0.717, 1.165) is 55.7 Å². The number of anilines is 2. The van der Waals surface area contributed by atoms with Gasteiger partial charge in [-0.3, -0.25) is 0 Å². The molecular formula is C35H38F2N8O4. The number of aromatic nitrogens is 6. The maximum atomic E-state index is 14.9. The molecule has 2 aromatic heterocycles. The molecule has 2 fully saturated rings. The number of hydrogen-bond acceptors (Lipinski definition) is 9. The molecule has 0 spiro atoms. The fraction of sp³-hybridized carbons (Fsp3) is 0.371. The Kier molecular flexibility index (Phi) is 9.15. The molecule has 0 radical (unpaired) electrons. The van der Waals surface area contributed by atoms with Crippen LogP contribution in [0.1, 0.15) is 31.9 Å². The van der Waals surface area contributed by atoms with Gasteiger partial charge in [0.2, 0.25) is 5.79 Å². The van der Waals surface area contributed by atoms with E-state index in [9.17, 15) is 13.6 Å². The van der Waals surface area contributed by atoms with Crippen molar-refractivity contribution in [3.05, 3.63) is 113 Å². The van der Waals surface area contributed by atoms with E-state index in [1.165, 1.54) is 34.2 Å². The monoisotopic (exact) mass is 672 g/mol. The van der Waals surface area contributed by atoms with E-state index in [1.54, 1.807) is 10.9 Å². The lowest BCUT2D eigenvalue weighted by atomic mass is 10.0. The highest BCUT2D eigenvalue weighted by Crippen LogP contribution is 2.38. The van der Waals surface area contributed by atoms with Crippen LogP contribution in [0.3, 0.4) is 0 Å². The van der Waals surface area contributed by atoms with Gasteiger partial charge in [-0.2, -0.15) is 10.2 Å². The van der Waals surface area contributed by atoms with Crippen LogP contribution in [0.15, 0.2) is 90.5 Å². The Labute approximate surface area is 282 Å². The predicted molar refractivity (Wildman–Crippen MR) is 178 cm³/mol. The number of hydrogen-bond donors (Lipinski definition) is 0. The molecule has 5 aromatic rings. The number of piperazine rings is 1. The van der Waals surface area contributed by atoms with E-state index in [4.69, 9.17) is 14.2 Å². The number of nitrogens with zero attached hydrogens (tertiary/aromatic N) is 8. The van der Waals surface area contributed by atoms with Crippen LogP contribution in [0.4, 0.5) is 20.2 Å². The number of halogens is 2. The van der Waals surface area contributed by atoms with E-state index < -0.39 is 23.5 Å². The first-order valence-electron chi connectivity index (χ1n) is 16.4. The minimum absolute atomic E-state index is 0.0334. The molecule has 12 nitrogen and oxygen atoms in total. The summed E-state index contributed by atoms with van der Waals surface area (Å²) >= 11 is 0. The van der Waals surface area contributed by atoms with Crippen LogP contribution in [0.2, 0.25) is 0 Å². The van der Waals surface area contributed by atoms with Crippen LogP contribution >= 0.6 is 0 Å². The van der Waals surface area contributed by atoms with E-state index in [0.29, 0.717) is 5.75 Å². The highest BCUT2D eigenvalue weighted by Gasteiger charge is 2.46. The molecule has 4 heterocycles. The first kappa shape index (κ1) is 32.5. The van der Waals surface area contributed by atoms with Crippen molar-refractivity contribution in [3.8, 4) is 11.4 Å². The van der Waals surface area contributed by atoms with Gasteiger partial charge in [-0.05, 0) is 74.0 Å². The summed E-state index contributed by atoms with van der Waals surface area (Å²) in [6.45, 7) is 7.80. The fourth-order valence-electron chi connectivity index (χ4n) is 6.24. The van der Waals surface area contributed by atoms with Crippen molar-refractivity contribution in [2.75, 3.05) is 49.2 Å². The molecule has 256 valence electrons. The second-order valence-electron chi connectivity index (χ2n) is 12.3. The smallest absolute Gasteiger partial charge is 0.350 e. The summed E-state index contributed by atoms with van der Waals surface area (Å²) in [4.78, 5) is 21.4. The average Bonchev–Trinajstić information content (AvgIpc) is 3.88. The van der Waals surface area contributed by atoms with E-state index in [-0.39, 0.29) is 37.1 Å². The van der Waals surface area contributed by atoms with Gasteiger partial charge in [0, 0.05) is 49.2 Å². The van der Waals surface area contributed by atoms with Crippen molar-refractivity contribution in [3.63, 3.8) is 0 Å². The lowest BCUT2D eigenvalue weighted by molar-refractivity contribution is -0.192. The Hall–Kier alpha value is -5.08. The quantitative estimate of drug-likeness (QED) is 0.200. The summed E-state index contributed by atoms with van der Waals surface area (Å²) in [7, 11) is 0. The molecule has 0 amide bonds. The molecule has 0 unspecified atom stereocenters. The van der Waals surface area contributed by atoms with Gasteiger partial charge < -0.3 is 24.0 Å². The second kappa shape index (κ2) is 13.8. The molecule has 3 aromatic carbocycles. The third-order valence-corrected chi connectivity index (χ3v) is 9.15. The van der Waals surface area contributed by atoms with E-state index >= 15 is 0 Å². The van der Waals surface area contributed by atoms with Crippen LogP contribution < -0.4 is 20.2 Å². The zero-order valence-corrected chi connectivity index (χ0v) is 27.4. The minimum atomic E-state index is -1.51. The third kappa shape index (κ3) is 6.78. The molecule has 2 saturated heterocycles. The Bertz CT molecular complexity index is 1910. The average molecular weight is 673 g/mol. The van der Waals surface area contributed by atoms with Gasteiger partial charge in [-0.25, -0.2) is 32.5 Å². The summed E-state index contributed by atoms with van der Waals surface area (Å²) in [5, 5.41) is 8.39. The highest BCUT2D eigenvalue weighted by atomic mass is 19.1. The van der Waals surface area contributed by atoms with Crippen LogP contribution in [-0.4, -0.2) is 74.6 Å². The molecular weight excluding hydrogens is 634 g/mol. The van der Waals surface area contributed by atoms with Crippen LogP contribution in [0.25, 0.3) is 5.69 Å². The minimum Gasteiger partial charge on any atom is -0.491 e. The van der Waals surface area contributed by atoms with Crippen molar-refractivity contribution in [2.24, 2.45) is 0 Å². The Morgan fingerprint density at radius 1 is 0.918 bits per heavy atom. The Morgan fingerprint density at radius 3 is 2.22 bits per heavy atom. The Balaban J connectivity index is 0.925. The third-order valence-electron chi connectivity index (χ3n) is 9.15. The second-order valence-corrected chi connectivity index (χ2v) is 12.3. The van der Waals surface area contributed by atoms with Gasteiger partial charge >= 0.3 is 5.69 Å². The molecule has 7 rings (SSSR count). The first-order valence-corrected chi connectivity index (χ1v) is 16.4. The molecule has 2 aliphatic rings. The zero-order chi connectivity index (χ0) is 34.0. The SMILES string of the molecule is CC[C@@H](C)n1ncn(-c2ccc(N3CCN(c4ccc(OC[C@@H]5CO[C@@](Cn6cncn6)(c6ccc(F)cc6F)O5)cc4)CC3)cc2)c1=O. The summed E-state index contributed by atoms with van der Waals surface area (Å²) in [5.74, 6) is -2.30. The van der Waals surface area contributed by atoms with E-state index in [1.807, 2.05) is 50.2 Å². The normalized spacial score (nSPS) is 20.1. The molecule has 3 atom stereocenters. The van der Waals surface area contributed by atoms with Crippen LogP contribution in [0, 0.1) is 11.6 Å². The first-order chi connectivity index (χ1) is 23.8. The summed E-state index contributed by atoms with van der Waals surface area (Å²) < 4.78 is 51.4. The molecule has 2 aliphatic heterocycles. The van der Waals surface area contributed by atoms with Crippen molar-refractivity contribution in [1.82, 2.24) is 29.1 Å². The van der Waals surface area contributed by atoms with Gasteiger partial charge in [0.1, 0.15) is 55.6 Å². The van der Waals surface area contributed by atoms with Crippen LogP contribution in [0.5, 0.6) is 5.75 Å².